The second-order valence-electron chi connectivity index (χ2n) is 16.6. The molecule has 0 saturated heterocycles. The fourth-order valence-electron chi connectivity index (χ4n) is 8.16. The molecule has 9 rings (SSSR count). The molecule has 6 heteroatoms. The fraction of sp³-hybridized carbons (Fsp3) is 0.386. The second-order valence-corrected chi connectivity index (χ2v) is 21.6. The Kier molecular flexibility index (Phi) is 10.9. The standard InChI is InChI=1S/C25H23N2O.C19H26NSi.Ir/c1-3-20-21-5-2-11-27-25(21)28-24(20)22(4-1)23-15-17(10-12-26-23)14-19-13-16-6-8-18(19)9-7-16;1-19(2,3)13-16-12-17(15-10-8-7-9-11-15)20-14-18(16)21(4,5)6;/h1-3,5,10-12,15-16,18-19H,6-9,13-14H2;7-10,12,14H,13H2,1-6H3;/q2*-1;. The van der Waals surface area contributed by atoms with Gasteiger partial charge in [-0.2, -0.15) is 0 Å². The molecule has 3 aliphatic rings. The predicted molar refractivity (Wildman–Crippen MR) is 205 cm³/mol. The molecule has 4 aromatic heterocycles. The van der Waals surface area contributed by atoms with Crippen molar-refractivity contribution in [3.05, 3.63) is 109 Å². The van der Waals surface area contributed by atoms with Gasteiger partial charge >= 0.3 is 0 Å². The molecule has 1 radical (unpaired) electrons. The maximum Gasteiger partial charge on any atom is 0.216 e. The molecule has 2 aromatic carbocycles. The molecule has 4 heterocycles. The van der Waals surface area contributed by atoms with E-state index in [2.05, 4.69) is 105 Å². The molecule has 3 saturated carbocycles. The van der Waals surface area contributed by atoms with Crippen molar-refractivity contribution in [1.29, 1.82) is 0 Å². The molecule has 1 atom stereocenters. The Morgan fingerprint density at radius 3 is 2.34 bits per heavy atom. The minimum absolute atomic E-state index is 0. The van der Waals surface area contributed by atoms with Crippen LogP contribution < -0.4 is 5.19 Å². The number of nitrogens with zero attached hydrogens (tertiary/aromatic N) is 3. The first-order valence-electron chi connectivity index (χ1n) is 18.1. The van der Waals surface area contributed by atoms with Gasteiger partial charge < -0.3 is 14.4 Å². The number of pyridine rings is 3. The Labute approximate surface area is 312 Å². The van der Waals surface area contributed by atoms with Gasteiger partial charge in [-0.15, -0.1) is 54.1 Å². The first-order valence-corrected chi connectivity index (χ1v) is 21.6. The van der Waals surface area contributed by atoms with Crippen LogP contribution >= 0.6 is 0 Å². The fourth-order valence-corrected chi connectivity index (χ4v) is 9.74. The molecule has 4 nitrogen and oxygen atoms in total. The summed E-state index contributed by atoms with van der Waals surface area (Å²) in [7, 11) is -1.37. The van der Waals surface area contributed by atoms with Crippen LogP contribution in [-0.4, -0.2) is 23.0 Å². The van der Waals surface area contributed by atoms with Crippen LogP contribution in [0.3, 0.4) is 0 Å². The van der Waals surface area contributed by atoms with Crippen LogP contribution in [0.1, 0.15) is 64.0 Å². The van der Waals surface area contributed by atoms with Crippen LogP contribution in [0.5, 0.6) is 0 Å². The van der Waals surface area contributed by atoms with Gasteiger partial charge in [0.1, 0.15) is 0 Å². The molecule has 261 valence electrons. The van der Waals surface area contributed by atoms with E-state index in [0.29, 0.717) is 5.71 Å². The number of aromatic nitrogens is 3. The number of hydrogen-bond acceptors (Lipinski definition) is 4. The summed E-state index contributed by atoms with van der Waals surface area (Å²) in [5, 5.41) is 3.60. The van der Waals surface area contributed by atoms with Gasteiger partial charge in [-0.25, -0.2) is 4.98 Å². The van der Waals surface area contributed by atoms with Crippen LogP contribution in [0.2, 0.25) is 19.6 Å². The third-order valence-corrected chi connectivity index (χ3v) is 12.6. The zero-order valence-electron chi connectivity index (χ0n) is 30.3. The van der Waals surface area contributed by atoms with Crippen molar-refractivity contribution in [2.45, 2.75) is 85.4 Å². The van der Waals surface area contributed by atoms with Gasteiger partial charge in [0, 0.05) is 44.1 Å². The molecular weight excluding hydrogens is 807 g/mol. The zero-order valence-corrected chi connectivity index (χ0v) is 33.7. The Morgan fingerprint density at radius 1 is 0.820 bits per heavy atom. The molecule has 0 spiro atoms. The van der Waals surface area contributed by atoms with Crippen molar-refractivity contribution in [1.82, 2.24) is 15.0 Å². The van der Waals surface area contributed by atoms with Gasteiger partial charge in [-0.3, -0.25) is 0 Å². The van der Waals surface area contributed by atoms with Crippen LogP contribution in [0.4, 0.5) is 0 Å². The summed E-state index contributed by atoms with van der Waals surface area (Å²) in [5.41, 5.74) is 8.64. The largest absolute Gasteiger partial charge is 0.486 e. The van der Waals surface area contributed by atoms with E-state index >= 15 is 0 Å². The summed E-state index contributed by atoms with van der Waals surface area (Å²) in [6.07, 6.45) is 15.3. The van der Waals surface area contributed by atoms with Gasteiger partial charge in [0.2, 0.25) is 5.71 Å². The van der Waals surface area contributed by atoms with Crippen molar-refractivity contribution in [3.8, 4) is 22.5 Å². The molecule has 3 aliphatic carbocycles. The summed E-state index contributed by atoms with van der Waals surface area (Å²) in [4.78, 5) is 13.7. The van der Waals surface area contributed by atoms with E-state index in [-0.39, 0.29) is 25.5 Å². The quantitative estimate of drug-likeness (QED) is 0.124. The number of benzene rings is 2. The van der Waals surface area contributed by atoms with Gasteiger partial charge in [0.05, 0.1) is 13.7 Å². The van der Waals surface area contributed by atoms with E-state index in [1.165, 1.54) is 54.8 Å². The smallest absolute Gasteiger partial charge is 0.216 e. The first kappa shape index (κ1) is 36.4. The van der Waals surface area contributed by atoms with Crippen molar-refractivity contribution in [2.24, 2.45) is 23.2 Å². The second kappa shape index (κ2) is 15.0. The maximum atomic E-state index is 6.09. The molecule has 3 fully saturated rings. The molecule has 0 aliphatic heterocycles. The van der Waals surface area contributed by atoms with Crippen LogP contribution in [-0.2, 0) is 32.9 Å². The van der Waals surface area contributed by atoms with E-state index in [1.807, 2.05) is 36.5 Å². The number of rotatable bonds is 6. The average Bonchev–Trinajstić information content (AvgIpc) is 3.47. The van der Waals surface area contributed by atoms with Gasteiger partial charge in [0.15, 0.2) is 0 Å². The third-order valence-electron chi connectivity index (χ3n) is 10.5. The number of fused-ring (bicyclic) bond motifs is 6. The molecule has 1 unspecified atom stereocenters. The Bertz CT molecular complexity index is 2050. The Morgan fingerprint density at radius 2 is 1.64 bits per heavy atom. The zero-order chi connectivity index (χ0) is 34.2. The molecule has 50 heavy (non-hydrogen) atoms. The van der Waals surface area contributed by atoms with Gasteiger partial charge in [0.25, 0.3) is 0 Å². The van der Waals surface area contributed by atoms with Crippen LogP contribution in [0.25, 0.3) is 44.6 Å². The van der Waals surface area contributed by atoms with Crippen molar-refractivity contribution < 1.29 is 24.5 Å². The number of furan rings is 1. The van der Waals surface area contributed by atoms with E-state index in [9.17, 15) is 0 Å². The normalized spacial score (nSPS) is 18.8. The van der Waals surface area contributed by atoms with E-state index in [4.69, 9.17) is 9.40 Å². The van der Waals surface area contributed by atoms with E-state index in [0.717, 1.165) is 63.0 Å². The van der Waals surface area contributed by atoms with E-state index < -0.39 is 8.07 Å². The van der Waals surface area contributed by atoms with E-state index in [1.54, 1.807) is 6.20 Å². The average molecular weight is 856 g/mol. The Hall–Kier alpha value is -3.44. The third kappa shape index (κ3) is 8.20. The minimum Gasteiger partial charge on any atom is -0.486 e. The van der Waals surface area contributed by atoms with Crippen LogP contribution in [0.15, 0.2) is 89.7 Å². The summed E-state index contributed by atoms with van der Waals surface area (Å²) in [5.74, 6) is 2.75. The van der Waals surface area contributed by atoms with Gasteiger partial charge in [-0.1, -0.05) is 87.5 Å². The molecular formula is C44H49IrN3OSi-2. The number of hydrogen-bond donors (Lipinski definition) is 0. The monoisotopic (exact) mass is 856 g/mol. The predicted octanol–water partition coefficient (Wildman–Crippen LogP) is 10.9. The van der Waals surface area contributed by atoms with Crippen molar-refractivity contribution >= 4 is 35.3 Å². The molecule has 6 aromatic rings. The summed E-state index contributed by atoms with van der Waals surface area (Å²) < 4.78 is 6.09. The van der Waals surface area contributed by atoms with Gasteiger partial charge in [-0.05, 0) is 90.0 Å². The SMILES string of the molecule is CC(C)(C)Cc1cc(-c2[c-]cccc2)ncc1[Si](C)(C)C.[Ir].[c-]1ccc2c(oc3ncccc32)c1-c1cc(CC2CC3CCC2CC3)ccn1. The summed E-state index contributed by atoms with van der Waals surface area (Å²) in [6.45, 7) is 14.1. The topological polar surface area (TPSA) is 51.8 Å². The van der Waals surface area contributed by atoms with Crippen molar-refractivity contribution in [2.75, 3.05) is 0 Å². The Balaban J connectivity index is 0.000000177. The van der Waals surface area contributed by atoms with Crippen molar-refractivity contribution in [3.63, 3.8) is 0 Å². The summed E-state index contributed by atoms with van der Waals surface area (Å²) in [6, 6.07) is 29.5. The molecule has 0 amide bonds. The molecule has 2 bridgehead atoms. The maximum absolute atomic E-state index is 6.09. The first-order chi connectivity index (χ1) is 23.5. The summed E-state index contributed by atoms with van der Waals surface area (Å²) >= 11 is 0. The molecule has 0 N–H and O–H groups in total. The minimum atomic E-state index is -1.37. The van der Waals surface area contributed by atoms with Crippen LogP contribution in [0, 0.1) is 35.3 Å².